The fourth-order valence-electron chi connectivity index (χ4n) is 3.10. The van der Waals surface area contributed by atoms with Crippen molar-refractivity contribution in [3.05, 3.63) is 70.8 Å². The number of aryl methyl sites for hydroxylation is 2. The fraction of sp³-hybridized carbons (Fsp3) is 0.227. The molecule has 176 valence electrons. The third-order valence-electron chi connectivity index (χ3n) is 4.53. The van der Waals surface area contributed by atoms with Crippen molar-refractivity contribution >= 4 is 52.9 Å². The Morgan fingerprint density at radius 2 is 1.67 bits per heavy atom. The van der Waals surface area contributed by atoms with E-state index < -0.39 is 17.9 Å². The number of fused-ring (bicyclic) bond motifs is 2. The maximum absolute atomic E-state index is 11.8. The summed E-state index contributed by atoms with van der Waals surface area (Å²) in [5.74, 6) is -1.80. The average Bonchev–Trinajstić information content (AvgIpc) is 3.30. The lowest BCUT2D eigenvalue weighted by Gasteiger charge is -2.02. The van der Waals surface area contributed by atoms with E-state index in [0.29, 0.717) is 28.9 Å². The molecule has 0 radical (unpaired) electrons. The van der Waals surface area contributed by atoms with Crippen LogP contribution in [0.5, 0.6) is 0 Å². The Morgan fingerprint density at radius 1 is 1.00 bits per heavy atom. The largest absolute Gasteiger partial charge is 0.478 e. The highest BCUT2D eigenvalue weighted by Crippen LogP contribution is 2.18. The van der Waals surface area contributed by atoms with Crippen molar-refractivity contribution < 1.29 is 30.4 Å². The molecular formula is C22H25IN4O6. The smallest absolute Gasteiger partial charge is 0.342 e. The molecule has 0 saturated carbocycles. The third kappa shape index (κ3) is 5.66. The minimum Gasteiger partial charge on any atom is -0.478 e. The van der Waals surface area contributed by atoms with Crippen molar-refractivity contribution in [2.75, 3.05) is 13.7 Å². The number of pyridine rings is 2. The minimum absolute atomic E-state index is 0. The molecule has 4 heterocycles. The van der Waals surface area contributed by atoms with Crippen LogP contribution in [-0.2, 0) is 9.47 Å². The fourth-order valence-corrected chi connectivity index (χ4v) is 3.10. The van der Waals surface area contributed by atoms with Gasteiger partial charge in [0.15, 0.2) is 0 Å². The Hall–Kier alpha value is -3.48. The second-order valence-electron chi connectivity index (χ2n) is 6.80. The van der Waals surface area contributed by atoms with Gasteiger partial charge in [0.1, 0.15) is 5.56 Å². The lowest BCUT2D eigenvalue weighted by atomic mass is 10.2. The Labute approximate surface area is 207 Å². The Bertz CT molecular complexity index is 1330. The molecule has 0 amide bonds. The first-order valence-electron chi connectivity index (χ1n) is 9.69. The number of carboxylic acids is 1. The van der Waals surface area contributed by atoms with Crippen LogP contribution in [0.4, 0.5) is 0 Å². The summed E-state index contributed by atoms with van der Waals surface area (Å²) in [6.07, 6.45) is 3.03. The van der Waals surface area contributed by atoms with E-state index in [-0.39, 0.29) is 31.0 Å². The Morgan fingerprint density at radius 3 is 2.30 bits per heavy atom. The first-order valence-corrected chi connectivity index (χ1v) is 9.69. The van der Waals surface area contributed by atoms with E-state index >= 15 is 0 Å². The molecule has 11 heteroatoms. The van der Waals surface area contributed by atoms with Gasteiger partial charge in [-0.3, -0.25) is 0 Å². The standard InChI is InChI=1S/C13H14N2O4.C9H8N2O2.HI.H2/c1-4-19-13(17)11-8(2)14-15-7-9(12(16)18-3)5-6-10(11)15;1-6-4-8-3-2-7(9(12)13)5-11(8)10-6;;/h5-7H,4H2,1-3H3;2-5H,1H3,(H,12,13);2*1H. The van der Waals surface area contributed by atoms with E-state index in [2.05, 4.69) is 14.9 Å². The van der Waals surface area contributed by atoms with Crippen LogP contribution < -0.4 is 0 Å². The van der Waals surface area contributed by atoms with Gasteiger partial charge in [0.25, 0.3) is 0 Å². The monoisotopic (exact) mass is 568 g/mol. The highest BCUT2D eigenvalue weighted by molar-refractivity contribution is 14.0. The van der Waals surface area contributed by atoms with Crippen LogP contribution in [-0.4, -0.2) is 56.0 Å². The molecule has 4 aromatic heterocycles. The topological polar surface area (TPSA) is 124 Å². The van der Waals surface area contributed by atoms with E-state index in [4.69, 9.17) is 9.84 Å². The van der Waals surface area contributed by atoms with Gasteiger partial charge in [-0.15, -0.1) is 24.0 Å². The number of carbonyl (C=O) groups excluding carboxylic acids is 2. The zero-order valence-electron chi connectivity index (χ0n) is 18.4. The van der Waals surface area contributed by atoms with Gasteiger partial charge >= 0.3 is 17.9 Å². The lowest BCUT2D eigenvalue weighted by Crippen LogP contribution is -2.06. The van der Waals surface area contributed by atoms with E-state index in [1.807, 2.05) is 13.0 Å². The molecule has 33 heavy (non-hydrogen) atoms. The van der Waals surface area contributed by atoms with Crippen molar-refractivity contribution in [3.63, 3.8) is 0 Å². The molecule has 0 aliphatic carbocycles. The van der Waals surface area contributed by atoms with E-state index in [9.17, 15) is 14.4 Å². The zero-order chi connectivity index (χ0) is 23.4. The van der Waals surface area contributed by atoms with Crippen LogP contribution >= 0.6 is 24.0 Å². The van der Waals surface area contributed by atoms with Gasteiger partial charge in [-0.25, -0.2) is 23.4 Å². The molecule has 0 atom stereocenters. The molecule has 0 aliphatic heterocycles. The molecule has 0 fully saturated rings. The molecule has 0 aliphatic rings. The quantitative estimate of drug-likeness (QED) is 0.291. The summed E-state index contributed by atoms with van der Waals surface area (Å²) in [5, 5.41) is 17.0. The summed E-state index contributed by atoms with van der Waals surface area (Å²) in [6.45, 7) is 5.63. The molecule has 0 bridgehead atoms. The van der Waals surface area contributed by atoms with Crippen LogP contribution in [0.25, 0.3) is 11.0 Å². The van der Waals surface area contributed by atoms with Crippen molar-refractivity contribution in [1.82, 2.24) is 19.2 Å². The van der Waals surface area contributed by atoms with Gasteiger partial charge in [0, 0.05) is 13.8 Å². The van der Waals surface area contributed by atoms with Crippen LogP contribution in [0.3, 0.4) is 0 Å². The number of halogens is 1. The predicted octanol–water partition coefficient (Wildman–Crippen LogP) is 3.81. The van der Waals surface area contributed by atoms with Gasteiger partial charge in [-0.2, -0.15) is 10.2 Å². The van der Waals surface area contributed by atoms with Gasteiger partial charge in [-0.05, 0) is 51.1 Å². The average molecular weight is 568 g/mol. The minimum atomic E-state index is -0.935. The lowest BCUT2D eigenvalue weighted by molar-refractivity contribution is 0.0526. The predicted molar refractivity (Wildman–Crippen MR) is 132 cm³/mol. The van der Waals surface area contributed by atoms with Gasteiger partial charge in [-0.1, -0.05) is 0 Å². The highest BCUT2D eigenvalue weighted by Gasteiger charge is 2.19. The molecule has 0 spiro atoms. The zero-order valence-corrected chi connectivity index (χ0v) is 20.8. The molecule has 4 aromatic rings. The first-order chi connectivity index (χ1) is 15.2. The second kappa shape index (κ2) is 10.9. The summed E-state index contributed by atoms with van der Waals surface area (Å²) < 4.78 is 12.7. The molecule has 4 rings (SSSR count). The number of aromatic carboxylic acids is 1. The molecule has 0 saturated heterocycles. The number of carbonyl (C=O) groups is 3. The number of aromatic nitrogens is 4. The van der Waals surface area contributed by atoms with Gasteiger partial charge in [0.05, 0.1) is 47.3 Å². The third-order valence-corrected chi connectivity index (χ3v) is 4.53. The first kappa shape index (κ1) is 25.8. The molecular weight excluding hydrogens is 543 g/mol. The Balaban J connectivity index is 0.000000340. The molecule has 0 aromatic carbocycles. The second-order valence-corrected chi connectivity index (χ2v) is 6.80. The van der Waals surface area contributed by atoms with Crippen LogP contribution in [0.1, 0.15) is 50.8 Å². The highest BCUT2D eigenvalue weighted by atomic mass is 127. The van der Waals surface area contributed by atoms with Gasteiger partial charge < -0.3 is 14.6 Å². The summed E-state index contributed by atoms with van der Waals surface area (Å²) >= 11 is 0. The van der Waals surface area contributed by atoms with Crippen LogP contribution in [0.2, 0.25) is 0 Å². The summed E-state index contributed by atoms with van der Waals surface area (Å²) in [7, 11) is 1.31. The summed E-state index contributed by atoms with van der Waals surface area (Å²) in [6, 6.07) is 8.44. The van der Waals surface area contributed by atoms with Crippen molar-refractivity contribution in [3.8, 4) is 0 Å². The molecule has 0 unspecified atom stereocenters. The maximum atomic E-state index is 11.8. The van der Waals surface area contributed by atoms with E-state index in [1.54, 1.807) is 42.6 Å². The maximum Gasteiger partial charge on any atom is 0.342 e. The number of rotatable bonds is 4. The summed E-state index contributed by atoms with van der Waals surface area (Å²) in [5.41, 5.74) is 3.97. The number of ether oxygens (including phenoxy) is 2. The van der Waals surface area contributed by atoms with Crippen molar-refractivity contribution in [2.45, 2.75) is 20.8 Å². The number of methoxy groups -OCH3 is 1. The van der Waals surface area contributed by atoms with Crippen molar-refractivity contribution in [2.24, 2.45) is 0 Å². The normalized spacial score (nSPS) is 10.2. The molecule has 1 N–H and O–H groups in total. The van der Waals surface area contributed by atoms with Crippen molar-refractivity contribution in [1.29, 1.82) is 0 Å². The Kier molecular flexibility index (Phi) is 8.51. The van der Waals surface area contributed by atoms with Crippen LogP contribution in [0, 0.1) is 13.8 Å². The SMILES string of the molecule is CCOC(=O)c1c(C)nn2cc(C(=O)OC)ccc12.Cc1cc2ccc(C(=O)O)cn2n1.I.[HH]. The van der Waals surface area contributed by atoms with Crippen LogP contribution in [0.15, 0.2) is 42.7 Å². The number of nitrogens with zero attached hydrogens (tertiary/aromatic N) is 4. The molecule has 10 nitrogen and oxygen atoms in total. The number of hydrogen-bond acceptors (Lipinski definition) is 7. The summed E-state index contributed by atoms with van der Waals surface area (Å²) in [4.78, 5) is 33.9. The number of carboxylic acid groups (broad SMARTS) is 1. The van der Waals surface area contributed by atoms with E-state index in [0.717, 1.165) is 11.2 Å². The number of hydrogen-bond donors (Lipinski definition) is 1. The van der Waals surface area contributed by atoms with Gasteiger partial charge in [0.2, 0.25) is 0 Å². The van der Waals surface area contributed by atoms with E-state index in [1.165, 1.54) is 24.0 Å². The number of esters is 2.